The molecule has 8 nitrogen and oxygen atoms in total. The fourth-order valence-corrected chi connectivity index (χ4v) is 3.91. The average molecular weight is 353 g/mol. The lowest BCUT2D eigenvalue weighted by atomic mass is 9.76. The molecule has 3 unspecified atom stereocenters. The number of nitrogens with one attached hydrogen (secondary N) is 1. The molecule has 3 atom stereocenters. The monoisotopic (exact) mass is 353 g/mol. The summed E-state index contributed by atoms with van der Waals surface area (Å²) >= 11 is 0. The van der Waals surface area contributed by atoms with Crippen molar-refractivity contribution in [1.29, 1.82) is 0 Å². The Kier molecular flexibility index (Phi) is 3.61. The third-order valence-corrected chi connectivity index (χ3v) is 5.11. The van der Waals surface area contributed by atoms with Gasteiger partial charge in [0.15, 0.2) is 0 Å². The maximum absolute atomic E-state index is 11.1. The van der Waals surface area contributed by atoms with Crippen molar-refractivity contribution >= 4 is 17.1 Å². The summed E-state index contributed by atoms with van der Waals surface area (Å²) in [4.78, 5) is 21.3. The number of rotatable bonds is 3. The first kappa shape index (κ1) is 16.1. The van der Waals surface area contributed by atoms with Gasteiger partial charge in [0, 0.05) is 41.4 Å². The molecule has 0 saturated heterocycles. The number of hydrogen-bond donors (Lipinski definition) is 2. The van der Waals surface area contributed by atoms with Gasteiger partial charge in [-0.1, -0.05) is 12.2 Å². The third-order valence-electron chi connectivity index (χ3n) is 5.11. The van der Waals surface area contributed by atoms with Gasteiger partial charge in [-0.05, 0) is 30.0 Å². The van der Waals surface area contributed by atoms with Gasteiger partial charge in [-0.25, -0.2) is 0 Å². The Morgan fingerprint density at radius 3 is 2.35 bits per heavy atom. The van der Waals surface area contributed by atoms with E-state index in [1.165, 1.54) is 24.3 Å². The first-order valence-corrected chi connectivity index (χ1v) is 8.14. The zero-order chi connectivity index (χ0) is 18.4. The van der Waals surface area contributed by atoms with Crippen LogP contribution < -0.4 is 5.32 Å². The van der Waals surface area contributed by atoms with E-state index in [0.29, 0.717) is 12.0 Å². The fourth-order valence-electron chi connectivity index (χ4n) is 3.91. The standard InChI is InChI=1S/C18H15N3O5/c22-17-7-5-11(21(25)26)9-15(17)18-13-3-1-2-12(13)14-8-10(20(23)24)4-6-16(14)19-18/h1-2,4-9,12-13,18-19,22H,3H2. The van der Waals surface area contributed by atoms with Crippen LogP contribution in [0.25, 0.3) is 0 Å². The van der Waals surface area contributed by atoms with Crippen molar-refractivity contribution in [2.75, 3.05) is 5.32 Å². The zero-order valence-corrected chi connectivity index (χ0v) is 13.5. The maximum atomic E-state index is 11.1. The molecule has 0 radical (unpaired) electrons. The van der Waals surface area contributed by atoms with Gasteiger partial charge in [0.1, 0.15) is 5.75 Å². The molecule has 26 heavy (non-hydrogen) atoms. The van der Waals surface area contributed by atoms with Crippen LogP contribution in [0.4, 0.5) is 17.1 Å². The molecule has 0 amide bonds. The van der Waals surface area contributed by atoms with Gasteiger partial charge in [-0.15, -0.1) is 0 Å². The van der Waals surface area contributed by atoms with E-state index in [1.807, 2.05) is 12.2 Å². The minimum Gasteiger partial charge on any atom is -0.508 e. The molecular weight excluding hydrogens is 338 g/mol. The van der Waals surface area contributed by atoms with Gasteiger partial charge >= 0.3 is 0 Å². The Morgan fingerprint density at radius 2 is 1.65 bits per heavy atom. The summed E-state index contributed by atoms with van der Waals surface area (Å²) in [7, 11) is 0. The summed E-state index contributed by atoms with van der Waals surface area (Å²) in [6, 6.07) is 8.30. The van der Waals surface area contributed by atoms with Crippen LogP contribution in [-0.2, 0) is 0 Å². The molecule has 8 heteroatoms. The van der Waals surface area contributed by atoms with Gasteiger partial charge in [0.05, 0.1) is 15.9 Å². The summed E-state index contributed by atoms with van der Waals surface area (Å²) in [5.41, 5.74) is 1.97. The van der Waals surface area contributed by atoms with Crippen molar-refractivity contribution in [1.82, 2.24) is 0 Å². The summed E-state index contributed by atoms with van der Waals surface area (Å²) in [6.07, 6.45) is 4.73. The summed E-state index contributed by atoms with van der Waals surface area (Å²) < 4.78 is 0. The highest BCUT2D eigenvalue weighted by atomic mass is 16.6. The molecule has 0 spiro atoms. The Labute approximate surface area is 148 Å². The second-order valence-electron chi connectivity index (χ2n) is 6.50. The predicted molar refractivity (Wildman–Crippen MR) is 94.2 cm³/mol. The van der Waals surface area contributed by atoms with E-state index >= 15 is 0 Å². The number of nitro benzene ring substituents is 2. The smallest absolute Gasteiger partial charge is 0.270 e. The maximum Gasteiger partial charge on any atom is 0.270 e. The first-order valence-electron chi connectivity index (χ1n) is 8.14. The minimum atomic E-state index is -0.493. The predicted octanol–water partition coefficient (Wildman–Crippen LogP) is 4.04. The van der Waals surface area contributed by atoms with Gasteiger partial charge in [0.2, 0.25) is 0 Å². The third kappa shape index (κ3) is 2.46. The van der Waals surface area contributed by atoms with Crippen molar-refractivity contribution in [3.05, 3.63) is 79.9 Å². The van der Waals surface area contributed by atoms with E-state index in [0.717, 1.165) is 11.3 Å². The van der Waals surface area contributed by atoms with Gasteiger partial charge < -0.3 is 10.4 Å². The topological polar surface area (TPSA) is 119 Å². The number of aromatic hydroxyl groups is 1. The van der Waals surface area contributed by atoms with Crippen molar-refractivity contribution in [3.63, 3.8) is 0 Å². The number of fused-ring (bicyclic) bond motifs is 3. The molecule has 0 bridgehead atoms. The quantitative estimate of drug-likeness (QED) is 0.488. The Morgan fingerprint density at radius 1 is 1.00 bits per heavy atom. The van der Waals surface area contributed by atoms with Crippen LogP contribution in [0.2, 0.25) is 0 Å². The number of allylic oxidation sites excluding steroid dienone is 2. The van der Waals surface area contributed by atoms with Crippen molar-refractivity contribution in [2.45, 2.75) is 18.4 Å². The number of nitro groups is 2. The molecule has 1 aliphatic carbocycles. The number of phenolic OH excluding ortho intramolecular Hbond substituents is 1. The van der Waals surface area contributed by atoms with E-state index in [4.69, 9.17) is 0 Å². The zero-order valence-electron chi connectivity index (χ0n) is 13.5. The molecular formula is C18H15N3O5. The SMILES string of the molecule is O=[N+]([O-])c1ccc2c(c1)C1C=CCC1C(c1cc([N+](=O)[O-])ccc1O)N2. The molecule has 2 N–H and O–H groups in total. The Bertz CT molecular complexity index is 956. The van der Waals surface area contributed by atoms with E-state index in [1.54, 1.807) is 12.1 Å². The highest BCUT2D eigenvalue weighted by Gasteiger charge is 2.40. The van der Waals surface area contributed by atoms with Gasteiger partial charge in [-0.3, -0.25) is 20.2 Å². The molecule has 132 valence electrons. The Balaban J connectivity index is 1.80. The summed E-state index contributed by atoms with van der Waals surface area (Å²) in [5, 5.41) is 35.8. The number of phenols is 1. The molecule has 0 fully saturated rings. The van der Waals surface area contributed by atoms with E-state index < -0.39 is 9.85 Å². The van der Waals surface area contributed by atoms with Crippen LogP contribution in [0.15, 0.2) is 48.6 Å². The lowest BCUT2D eigenvalue weighted by Crippen LogP contribution is -2.29. The van der Waals surface area contributed by atoms with Crippen LogP contribution in [0.1, 0.15) is 29.5 Å². The highest BCUT2D eigenvalue weighted by molar-refractivity contribution is 5.64. The molecule has 2 aromatic rings. The second-order valence-corrected chi connectivity index (χ2v) is 6.50. The van der Waals surface area contributed by atoms with Gasteiger partial charge in [0.25, 0.3) is 11.4 Å². The first-order chi connectivity index (χ1) is 12.5. The molecule has 1 heterocycles. The lowest BCUT2D eigenvalue weighted by molar-refractivity contribution is -0.385. The number of non-ortho nitro benzene ring substituents is 2. The summed E-state index contributed by atoms with van der Waals surface area (Å²) in [6.45, 7) is 0. The number of nitrogens with zero attached hydrogens (tertiary/aromatic N) is 2. The molecule has 2 aromatic carbocycles. The Hall–Kier alpha value is -3.42. The van der Waals surface area contributed by atoms with E-state index in [2.05, 4.69) is 5.32 Å². The average Bonchev–Trinajstić information content (AvgIpc) is 3.11. The summed E-state index contributed by atoms with van der Waals surface area (Å²) in [5.74, 6) is -0.0451. The normalized spacial score (nSPS) is 23.0. The van der Waals surface area contributed by atoms with Crippen LogP contribution in [0.3, 0.4) is 0 Å². The second kappa shape index (κ2) is 5.83. The molecule has 0 saturated carbocycles. The van der Waals surface area contributed by atoms with Crippen LogP contribution in [0.5, 0.6) is 5.75 Å². The lowest BCUT2D eigenvalue weighted by Gasteiger charge is -2.37. The molecule has 4 rings (SSSR count). The number of benzene rings is 2. The van der Waals surface area contributed by atoms with Gasteiger partial charge in [-0.2, -0.15) is 0 Å². The molecule has 0 aromatic heterocycles. The van der Waals surface area contributed by atoms with E-state index in [-0.39, 0.29) is 35.0 Å². The number of hydrogen-bond acceptors (Lipinski definition) is 6. The largest absolute Gasteiger partial charge is 0.508 e. The molecule has 2 aliphatic rings. The minimum absolute atomic E-state index is 0.0101. The molecule has 1 aliphatic heterocycles. The van der Waals surface area contributed by atoms with Crippen LogP contribution in [-0.4, -0.2) is 15.0 Å². The fraction of sp³-hybridized carbons (Fsp3) is 0.222. The van der Waals surface area contributed by atoms with Crippen LogP contribution >= 0.6 is 0 Å². The number of anilines is 1. The highest BCUT2D eigenvalue weighted by Crippen LogP contribution is 2.51. The van der Waals surface area contributed by atoms with E-state index in [9.17, 15) is 25.3 Å². The van der Waals surface area contributed by atoms with Crippen molar-refractivity contribution in [3.8, 4) is 5.75 Å². The van der Waals surface area contributed by atoms with Crippen LogP contribution in [0, 0.1) is 26.1 Å². The van der Waals surface area contributed by atoms with Crippen molar-refractivity contribution < 1.29 is 15.0 Å². The van der Waals surface area contributed by atoms with Crippen molar-refractivity contribution in [2.24, 2.45) is 5.92 Å².